The molecule has 1 aliphatic carbocycles. The molecule has 0 saturated heterocycles. The molecular weight excluding hydrogens is 252 g/mol. The highest BCUT2D eigenvalue weighted by Crippen LogP contribution is 2.29. The number of aryl methyl sites for hydroxylation is 2. The summed E-state index contributed by atoms with van der Waals surface area (Å²) in [6.07, 6.45) is 10.7. The lowest BCUT2D eigenvalue weighted by atomic mass is 9.86. The standard InChI is InChI=1S/C18H27Cl/c1-14-10-11-16(12-15(14)2)13-18(19)17-8-6-4-3-5-7-9-17/h10-12,17-18H,3-9,13H2,1-2H3. The second kappa shape index (κ2) is 7.33. The molecule has 0 N–H and O–H groups in total. The molecule has 1 aliphatic rings. The SMILES string of the molecule is Cc1ccc(CC(Cl)C2CCCCCCC2)cc1C. The smallest absolute Gasteiger partial charge is 0.0404 e. The van der Waals surface area contributed by atoms with Crippen molar-refractivity contribution in [1.29, 1.82) is 0 Å². The van der Waals surface area contributed by atoms with Gasteiger partial charge in [-0.3, -0.25) is 0 Å². The van der Waals surface area contributed by atoms with Crippen molar-refractivity contribution in [1.82, 2.24) is 0 Å². The molecule has 0 heterocycles. The normalized spacial score (nSPS) is 19.7. The van der Waals surface area contributed by atoms with Gasteiger partial charge in [0.05, 0.1) is 0 Å². The Labute approximate surface area is 123 Å². The zero-order valence-corrected chi connectivity index (χ0v) is 13.2. The lowest BCUT2D eigenvalue weighted by Gasteiger charge is -2.24. The van der Waals surface area contributed by atoms with E-state index in [9.17, 15) is 0 Å². The Kier molecular flexibility index (Phi) is 5.76. The lowest BCUT2D eigenvalue weighted by molar-refractivity contribution is 0.364. The van der Waals surface area contributed by atoms with Crippen LogP contribution >= 0.6 is 11.6 Å². The highest BCUT2D eigenvalue weighted by molar-refractivity contribution is 6.20. The Morgan fingerprint density at radius 3 is 2.26 bits per heavy atom. The molecule has 1 aromatic rings. The molecule has 1 fully saturated rings. The molecular formula is C18H27Cl. The number of hydrogen-bond acceptors (Lipinski definition) is 0. The fourth-order valence-electron chi connectivity index (χ4n) is 3.17. The molecule has 1 atom stereocenters. The summed E-state index contributed by atoms with van der Waals surface area (Å²) in [5.74, 6) is 0.726. The summed E-state index contributed by atoms with van der Waals surface area (Å²) in [5.41, 5.74) is 4.17. The summed E-state index contributed by atoms with van der Waals surface area (Å²) in [6.45, 7) is 4.37. The van der Waals surface area contributed by atoms with E-state index < -0.39 is 0 Å². The van der Waals surface area contributed by atoms with Gasteiger partial charge in [-0.25, -0.2) is 0 Å². The van der Waals surface area contributed by atoms with Crippen molar-refractivity contribution < 1.29 is 0 Å². The molecule has 0 spiro atoms. The summed E-state index contributed by atoms with van der Waals surface area (Å²) in [4.78, 5) is 0. The first kappa shape index (κ1) is 14.9. The Balaban J connectivity index is 1.94. The third-order valence-electron chi connectivity index (χ3n) is 4.66. The minimum atomic E-state index is 0.320. The van der Waals surface area contributed by atoms with Crippen molar-refractivity contribution in [2.24, 2.45) is 5.92 Å². The van der Waals surface area contributed by atoms with E-state index in [4.69, 9.17) is 11.6 Å². The quantitative estimate of drug-likeness (QED) is 0.612. The highest BCUT2D eigenvalue weighted by Gasteiger charge is 2.20. The van der Waals surface area contributed by atoms with Gasteiger partial charge in [0.1, 0.15) is 0 Å². The van der Waals surface area contributed by atoms with Crippen molar-refractivity contribution in [2.45, 2.75) is 70.6 Å². The molecule has 0 aromatic heterocycles. The van der Waals surface area contributed by atoms with Crippen LogP contribution in [0.15, 0.2) is 18.2 Å². The topological polar surface area (TPSA) is 0 Å². The predicted octanol–water partition coefficient (Wildman–Crippen LogP) is 5.81. The fraction of sp³-hybridized carbons (Fsp3) is 0.667. The van der Waals surface area contributed by atoms with Crippen molar-refractivity contribution >= 4 is 11.6 Å². The minimum Gasteiger partial charge on any atom is -0.122 e. The van der Waals surface area contributed by atoms with Crippen LogP contribution in [0.5, 0.6) is 0 Å². The third kappa shape index (κ3) is 4.53. The van der Waals surface area contributed by atoms with Crippen molar-refractivity contribution in [3.05, 3.63) is 34.9 Å². The first-order valence-corrected chi connectivity index (χ1v) is 8.30. The zero-order chi connectivity index (χ0) is 13.7. The van der Waals surface area contributed by atoms with E-state index in [-0.39, 0.29) is 0 Å². The van der Waals surface area contributed by atoms with Gasteiger partial charge in [-0.2, -0.15) is 0 Å². The first-order valence-electron chi connectivity index (χ1n) is 7.87. The van der Waals surface area contributed by atoms with Gasteiger partial charge in [0.25, 0.3) is 0 Å². The maximum absolute atomic E-state index is 6.71. The number of halogens is 1. The van der Waals surface area contributed by atoms with Crippen LogP contribution in [0.4, 0.5) is 0 Å². The molecule has 1 saturated carbocycles. The summed E-state index contributed by atoms with van der Waals surface area (Å²) in [7, 11) is 0. The van der Waals surface area contributed by atoms with Gasteiger partial charge in [-0.15, -0.1) is 11.6 Å². The second-order valence-electron chi connectivity index (χ2n) is 6.24. The summed E-state index contributed by atoms with van der Waals surface area (Å²) < 4.78 is 0. The number of alkyl halides is 1. The number of benzene rings is 1. The second-order valence-corrected chi connectivity index (χ2v) is 6.80. The minimum absolute atomic E-state index is 0.320. The zero-order valence-electron chi connectivity index (χ0n) is 12.4. The predicted molar refractivity (Wildman–Crippen MR) is 85.1 cm³/mol. The molecule has 0 aliphatic heterocycles. The molecule has 0 bridgehead atoms. The van der Waals surface area contributed by atoms with Gasteiger partial charge < -0.3 is 0 Å². The summed E-state index contributed by atoms with van der Waals surface area (Å²) in [6, 6.07) is 6.79. The number of hydrogen-bond donors (Lipinski definition) is 0. The average Bonchev–Trinajstić information content (AvgIpc) is 2.33. The van der Waals surface area contributed by atoms with Crippen LogP contribution in [0.1, 0.15) is 61.6 Å². The van der Waals surface area contributed by atoms with E-state index in [1.807, 2.05) is 0 Å². The fourth-order valence-corrected chi connectivity index (χ4v) is 3.60. The lowest BCUT2D eigenvalue weighted by Crippen LogP contribution is -2.19. The molecule has 0 amide bonds. The van der Waals surface area contributed by atoms with Crippen LogP contribution in [-0.2, 0) is 6.42 Å². The van der Waals surface area contributed by atoms with Crippen molar-refractivity contribution in [3.8, 4) is 0 Å². The first-order chi connectivity index (χ1) is 9.16. The molecule has 19 heavy (non-hydrogen) atoms. The van der Waals surface area contributed by atoms with Gasteiger partial charge in [0, 0.05) is 5.38 Å². The van der Waals surface area contributed by atoms with Crippen LogP contribution in [0.2, 0.25) is 0 Å². The van der Waals surface area contributed by atoms with Gasteiger partial charge in [0.2, 0.25) is 0 Å². The van der Waals surface area contributed by atoms with Crippen molar-refractivity contribution in [3.63, 3.8) is 0 Å². The van der Waals surface area contributed by atoms with Crippen LogP contribution in [0.25, 0.3) is 0 Å². The number of rotatable bonds is 3. The van der Waals surface area contributed by atoms with E-state index in [1.165, 1.54) is 61.6 Å². The van der Waals surface area contributed by atoms with Crippen LogP contribution < -0.4 is 0 Å². The Hall–Kier alpha value is -0.490. The van der Waals surface area contributed by atoms with E-state index in [2.05, 4.69) is 32.0 Å². The van der Waals surface area contributed by atoms with Crippen LogP contribution in [0, 0.1) is 19.8 Å². The largest absolute Gasteiger partial charge is 0.122 e. The average molecular weight is 279 g/mol. The van der Waals surface area contributed by atoms with Gasteiger partial charge >= 0.3 is 0 Å². The molecule has 106 valence electrons. The third-order valence-corrected chi connectivity index (χ3v) is 5.17. The Morgan fingerprint density at radius 2 is 1.63 bits per heavy atom. The van der Waals surface area contributed by atoms with Crippen LogP contribution in [-0.4, -0.2) is 5.38 Å². The molecule has 2 rings (SSSR count). The Bertz CT molecular complexity index is 389. The molecule has 0 nitrogen and oxygen atoms in total. The summed E-state index contributed by atoms with van der Waals surface area (Å²) >= 11 is 6.71. The molecule has 1 unspecified atom stereocenters. The van der Waals surface area contributed by atoms with E-state index >= 15 is 0 Å². The monoisotopic (exact) mass is 278 g/mol. The Morgan fingerprint density at radius 1 is 1.00 bits per heavy atom. The maximum Gasteiger partial charge on any atom is 0.0404 e. The molecule has 1 aromatic carbocycles. The molecule has 0 radical (unpaired) electrons. The summed E-state index contributed by atoms with van der Waals surface area (Å²) in [5, 5.41) is 0.320. The van der Waals surface area contributed by atoms with Gasteiger partial charge in [-0.05, 0) is 55.7 Å². The maximum atomic E-state index is 6.71. The van der Waals surface area contributed by atoms with E-state index in [0.29, 0.717) is 5.38 Å². The van der Waals surface area contributed by atoms with E-state index in [1.54, 1.807) is 0 Å². The van der Waals surface area contributed by atoms with Gasteiger partial charge in [-0.1, -0.05) is 50.3 Å². The highest BCUT2D eigenvalue weighted by atomic mass is 35.5. The van der Waals surface area contributed by atoms with Crippen LogP contribution in [0.3, 0.4) is 0 Å². The molecule has 1 heteroatoms. The van der Waals surface area contributed by atoms with E-state index in [0.717, 1.165) is 12.3 Å². The van der Waals surface area contributed by atoms with Crippen molar-refractivity contribution in [2.75, 3.05) is 0 Å². The van der Waals surface area contributed by atoms with Gasteiger partial charge in [0.15, 0.2) is 0 Å².